The number of hydrogen-bond donors (Lipinski definition) is 1. The highest BCUT2D eigenvalue weighted by molar-refractivity contribution is 7.90. The van der Waals surface area contributed by atoms with Crippen LogP contribution in [0.3, 0.4) is 0 Å². The maximum absolute atomic E-state index is 11.9. The average Bonchev–Trinajstić information content (AvgIpc) is 2.79. The number of amides is 1. The molecular formula is C14H17NO4S. The Bertz CT molecular complexity index is 685. The Labute approximate surface area is 117 Å². The largest absolute Gasteiger partial charge is 0.460 e. The van der Waals surface area contributed by atoms with E-state index in [-0.39, 0.29) is 18.2 Å². The molecule has 1 aromatic carbocycles. The molecule has 0 radical (unpaired) electrons. The maximum atomic E-state index is 11.9. The predicted molar refractivity (Wildman–Crippen MR) is 77.3 cm³/mol. The van der Waals surface area contributed by atoms with Gasteiger partial charge < -0.3 is 9.73 Å². The lowest BCUT2D eigenvalue weighted by molar-refractivity contribution is -0.122. The Hall–Kier alpha value is -1.82. The third-order valence-electron chi connectivity index (χ3n) is 3.04. The summed E-state index contributed by atoms with van der Waals surface area (Å²) in [5.74, 6) is -0.191. The van der Waals surface area contributed by atoms with E-state index in [1.165, 1.54) is 0 Å². The fraction of sp³-hybridized carbons (Fsp3) is 0.357. The lowest BCUT2D eigenvalue weighted by Crippen LogP contribution is -2.31. The Morgan fingerprint density at radius 2 is 2.05 bits per heavy atom. The molecule has 108 valence electrons. The van der Waals surface area contributed by atoms with Crippen molar-refractivity contribution in [3.05, 3.63) is 36.1 Å². The van der Waals surface area contributed by atoms with Gasteiger partial charge in [0, 0.05) is 18.2 Å². The number of carbonyl (C=O) groups is 1. The van der Waals surface area contributed by atoms with Gasteiger partial charge in [-0.2, -0.15) is 0 Å². The number of fused-ring (bicyclic) bond motifs is 1. The number of hydrogen-bond acceptors (Lipinski definition) is 4. The van der Waals surface area contributed by atoms with Crippen LogP contribution in [0.5, 0.6) is 0 Å². The third kappa shape index (κ3) is 3.60. The van der Waals surface area contributed by atoms with Gasteiger partial charge in [0.05, 0.1) is 11.7 Å². The first kappa shape index (κ1) is 14.6. The van der Waals surface area contributed by atoms with E-state index in [0.717, 1.165) is 17.2 Å². The van der Waals surface area contributed by atoms with Crippen LogP contribution in [-0.4, -0.2) is 32.9 Å². The van der Waals surface area contributed by atoms with Crippen LogP contribution in [0, 0.1) is 0 Å². The lowest BCUT2D eigenvalue weighted by atomic mass is 10.1. The number of furan rings is 1. The van der Waals surface area contributed by atoms with E-state index in [1.807, 2.05) is 30.3 Å². The topological polar surface area (TPSA) is 76.4 Å². The van der Waals surface area contributed by atoms with Crippen molar-refractivity contribution >= 4 is 26.7 Å². The van der Waals surface area contributed by atoms with Crippen molar-refractivity contribution < 1.29 is 17.6 Å². The summed E-state index contributed by atoms with van der Waals surface area (Å²) in [5.41, 5.74) is 0.735. The second kappa shape index (κ2) is 5.66. The van der Waals surface area contributed by atoms with E-state index >= 15 is 0 Å². The second-order valence-electron chi connectivity index (χ2n) is 4.83. The van der Waals surface area contributed by atoms with Crippen molar-refractivity contribution in [3.8, 4) is 0 Å². The fourth-order valence-corrected chi connectivity index (χ4v) is 2.33. The molecule has 2 rings (SSSR count). The monoisotopic (exact) mass is 295 g/mol. The van der Waals surface area contributed by atoms with Gasteiger partial charge in [0.1, 0.15) is 21.2 Å². The quantitative estimate of drug-likeness (QED) is 0.911. The minimum Gasteiger partial charge on any atom is -0.460 e. The van der Waals surface area contributed by atoms with Crippen LogP contribution in [0.4, 0.5) is 0 Å². The van der Waals surface area contributed by atoms with Gasteiger partial charge in [-0.1, -0.05) is 18.2 Å². The molecule has 0 fully saturated rings. The van der Waals surface area contributed by atoms with E-state index < -0.39 is 15.8 Å². The standard InChI is InChI=1S/C14H17NO4S/c1-10(14(16)15-7-8-20(2,17)18)13-9-11-5-3-4-6-12(11)19-13/h3-6,9-10H,7-8H2,1-2H3,(H,15,16). The number of nitrogens with one attached hydrogen (secondary N) is 1. The SMILES string of the molecule is CC(C(=O)NCCS(C)(=O)=O)c1cc2ccccc2o1. The van der Waals surface area contributed by atoms with Crippen molar-refractivity contribution in [1.29, 1.82) is 0 Å². The van der Waals surface area contributed by atoms with Gasteiger partial charge in [0.15, 0.2) is 0 Å². The summed E-state index contributed by atoms with van der Waals surface area (Å²) in [4.78, 5) is 11.9. The average molecular weight is 295 g/mol. The van der Waals surface area contributed by atoms with Crippen molar-refractivity contribution in [1.82, 2.24) is 5.32 Å². The summed E-state index contributed by atoms with van der Waals surface area (Å²) < 4.78 is 27.6. The molecule has 1 unspecified atom stereocenters. The van der Waals surface area contributed by atoms with Crippen LogP contribution in [0.15, 0.2) is 34.7 Å². The Morgan fingerprint density at radius 1 is 1.35 bits per heavy atom. The first-order valence-corrected chi connectivity index (χ1v) is 8.37. The number of para-hydroxylation sites is 1. The molecule has 1 atom stereocenters. The predicted octanol–water partition coefficient (Wildman–Crippen LogP) is 1.70. The van der Waals surface area contributed by atoms with E-state index in [0.29, 0.717) is 5.76 Å². The van der Waals surface area contributed by atoms with Crippen LogP contribution >= 0.6 is 0 Å². The van der Waals surface area contributed by atoms with Gasteiger partial charge in [-0.05, 0) is 19.1 Å². The molecule has 5 nitrogen and oxygen atoms in total. The molecule has 0 aliphatic rings. The summed E-state index contributed by atoms with van der Waals surface area (Å²) in [6.45, 7) is 1.84. The number of carbonyl (C=O) groups excluding carboxylic acids is 1. The number of sulfone groups is 1. The summed E-state index contributed by atoms with van der Waals surface area (Å²) in [6, 6.07) is 9.35. The first-order chi connectivity index (χ1) is 9.37. The van der Waals surface area contributed by atoms with Gasteiger partial charge in [-0.15, -0.1) is 0 Å². The molecule has 0 spiro atoms. The van der Waals surface area contributed by atoms with Crippen molar-refractivity contribution in [2.75, 3.05) is 18.6 Å². The highest BCUT2D eigenvalue weighted by Crippen LogP contribution is 2.24. The summed E-state index contributed by atoms with van der Waals surface area (Å²) >= 11 is 0. The molecule has 1 N–H and O–H groups in total. The normalized spacial score (nSPS) is 13.3. The van der Waals surface area contributed by atoms with Gasteiger partial charge >= 0.3 is 0 Å². The molecule has 0 bridgehead atoms. The van der Waals surface area contributed by atoms with Crippen LogP contribution in [0.2, 0.25) is 0 Å². The molecule has 0 aliphatic heterocycles. The fourth-order valence-electron chi connectivity index (χ4n) is 1.86. The zero-order valence-corrected chi connectivity index (χ0v) is 12.2. The highest BCUT2D eigenvalue weighted by Gasteiger charge is 2.19. The van der Waals surface area contributed by atoms with Gasteiger partial charge in [0.2, 0.25) is 5.91 Å². The third-order valence-corrected chi connectivity index (χ3v) is 3.98. The van der Waals surface area contributed by atoms with E-state index in [2.05, 4.69) is 5.32 Å². The van der Waals surface area contributed by atoms with Crippen LogP contribution in [0.25, 0.3) is 11.0 Å². The highest BCUT2D eigenvalue weighted by atomic mass is 32.2. The van der Waals surface area contributed by atoms with Gasteiger partial charge in [-0.25, -0.2) is 8.42 Å². The molecule has 0 saturated carbocycles. The molecule has 1 heterocycles. The Kier molecular flexibility index (Phi) is 4.13. The molecule has 6 heteroatoms. The lowest BCUT2D eigenvalue weighted by Gasteiger charge is -2.09. The molecule has 0 saturated heterocycles. The van der Waals surface area contributed by atoms with Gasteiger partial charge in [0.25, 0.3) is 0 Å². The minimum absolute atomic E-state index is 0.0639. The first-order valence-electron chi connectivity index (χ1n) is 6.31. The van der Waals surface area contributed by atoms with E-state index in [1.54, 1.807) is 6.92 Å². The zero-order valence-electron chi connectivity index (χ0n) is 11.4. The van der Waals surface area contributed by atoms with Crippen LogP contribution in [-0.2, 0) is 14.6 Å². The summed E-state index contributed by atoms with van der Waals surface area (Å²) in [5, 5.41) is 3.55. The summed E-state index contributed by atoms with van der Waals surface area (Å²) in [6.07, 6.45) is 1.14. The van der Waals surface area contributed by atoms with Crippen molar-refractivity contribution in [2.45, 2.75) is 12.8 Å². The Morgan fingerprint density at radius 3 is 2.70 bits per heavy atom. The smallest absolute Gasteiger partial charge is 0.230 e. The second-order valence-corrected chi connectivity index (χ2v) is 7.09. The molecule has 20 heavy (non-hydrogen) atoms. The van der Waals surface area contributed by atoms with Crippen molar-refractivity contribution in [2.24, 2.45) is 0 Å². The summed E-state index contributed by atoms with van der Waals surface area (Å²) in [7, 11) is -3.07. The minimum atomic E-state index is -3.07. The van der Waals surface area contributed by atoms with Gasteiger partial charge in [-0.3, -0.25) is 4.79 Å². The van der Waals surface area contributed by atoms with E-state index in [4.69, 9.17) is 4.42 Å². The molecule has 1 aromatic heterocycles. The molecule has 2 aromatic rings. The maximum Gasteiger partial charge on any atom is 0.230 e. The van der Waals surface area contributed by atoms with Crippen LogP contribution in [0.1, 0.15) is 18.6 Å². The molecular weight excluding hydrogens is 278 g/mol. The zero-order chi connectivity index (χ0) is 14.8. The van der Waals surface area contributed by atoms with Crippen molar-refractivity contribution in [3.63, 3.8) is 0 Å². The Balaban J connectivity index is 2.03. The molecule has 1 amide bonds. The molecule has 0 aliphatic carbocycles. The number of benzene rings is 1. The van der Waals surface area contributed by atoms with E-state index in [9.17, 15) is 13.2 Å². The number of rotatable bonds is 5. The van der Waals surface area contributed by atoms with Crippen LogP contribution < -0.4 is 5.32 Å².